The molecule has 4 amide bonds. The first kappa shape index (κ1) is 52.8. The molecule has 2 aliphatic heterocycles. The average molecular weight is 1120 g/mol. The Hall–Kier alpha value is -7.19. The molecule has 1 saturated carbocycles. The molecule has 4 atom stereocenters. The number of carbonyl (C=O) groups excluding carboxylic acids is 4. The fraction of sp³-hybridized carbons (Fsp3) is 0.339. The van der Waals surface area contributed by atoms with Crippen LogP contribution in [0.3, 0.4) is 0 Å². The van der Waals surface area contributed by atoms with Crippen molar-refractivity contribution in [2.45, 2.75) is 90.9 Å². The summed E-state index contributed by atoms with van der Waals surface area (Å²) in [5.74, 6) is 5.09. The van der Waals surface area contributed by atoms with Crippen LogP contribution in [-0.4, -0.2) is 116 Å². The number of rotatable bonds is 15. The second-order valence-electron chi connectivity index (χ2n) is 20.3. The molecule has 2 saturated heterocycles. The van der Waals surface area contributed by atoms with Gasteiger partial charge in [-0.3, -0.25) is 48.3 Å². The van der Waals surface area contributed by atoms with Crippen LogP contribution in [0.4, 0.5) is 0 Å². The van der Waals surface area contributed by atoms with Gasteiger partial charge in [0.2, 0.25) is 11.8 Å². The van der Waals surface area contributed by atoms with E-state index in [0.717, 1.165) is 74.0 Å². The summed E-state index contributed by atoms with van der Waals surface area (Å²) in [5, 5.41) is 19.4. The van der Waals surface area contributed by atoms with E-state index in [9.17, 15) is 24.0 Å². The number of aryl methyl sites for hydroxylation is 4. The second-order valence-corrected chi connectivity index (χ2v) is 23.5. The third-order valence-corrected chi connectivity index (χ3v) is 17.3. The normalized spacial score (nSPS) is 18.4. The summed E-state index contributed by atoms with van der Waals surface area (Å²) in [5.41, 5.74) is 7.60. The van der Waals surface area contributed by atoms with E-state index in [-0.39, 0.29) is 70.9 Å². The summed E-state index contributed by atoms with van der Waals surface area (Å²) in [4.78, 5) is 87.4. The van der Waals surface area contributed by atoms with Crippen molar-refractivity contribution in [3.05, 3.63) is 138 Å². The lowest BCUT2D eigenvalue weighted by molar-refractivity contribution is -0.141. The van der Waals surface area contributed by atoms with Crippen molar-refractivity contribution in [2.75, 3.05) is 26.2 Å². The molecular weight excluding hydrogens is 1070 g/mol. The monoisotopic (exact) mass is 1120 g/mol. The van der Waals surface area contributed by atoms with Crippen LogP contribution in [0, 0.1) is 44.4 Å². The molecular formula is C56H54ClN13O5S3. The van der Waals surface area contributed by atoms with Gasteiger partial charge in [0, 0.05) is 95.8 Å². The zero-order chi connectivity index (χ0) is 54.5. The number of halogens is 1. The van der Waals surface area contributed by atoms with Gasteiger partial charge < -0.3 is 10.6 Å². The minimum atomic E-state index is -0.516. The van der Waals surface area contributed by atoms with Crippen LogP contribution in [0.2, 0.25) is 5.02 Å². The Morgan fingerprint density at radius 2 is 1.59 bits per heavy atom. The van der Waals surface area contributed by atoms with E-state index in [0.29, 0.717) is 52.6 Å². The van der Waals surface area contributed by atoms with E-state index in [1.165, 1.54) is 38.5 Å². The van der Waals surface area contributed by atoms with E-state index in [1.54, 1.807) is 23.6 Å². The van der Waals surface area contributed by atoms with Gasteiger partial charge in [-0.25, -0.2) is 14.5 Å². The molecule has 2 N–H and O–H groups in total. The van der Waals surface area contributed by atoms with Crippen LogP contribution >= 0.6 is 46.9 Å². The maximum atomic E-state index is 13.7. The lowest BCUT2D eigenvalue weighted by Crippen LogP contribution is -2.55. The molecule has 7 aromatic heterocycles. The number of imide groups is 1. The van der Waals surface area contributed by atoms with Crippen molar-refractivity contribution in [2.24, 2.45) is 11.8 Å². The van der Waals surface area contributed by atoms with Gasteiger partial charge >= 0.3 is 0 Å². The summed E-state index contributed by atoms with van der Waals surface area (Å²) in [6, 6.07) is 15.1. The van der Waals surface area contributed by atoms with Crippen LogP contribution in [0.25, 0.3) is 37.4 Å². The minimum absolute atomic E-state index is 0.0232. The lowest BCUT2D eigenvalue weighted by atomic mass is 9.94. The van der Waals surface area contributed by atoms with E-state index < -0.39 is 11.8 Å². The van der Waals surface area contributed by atoms with Gasteiger partial charge in [0.25, 0.3) is 17.4 Å². The SMILES string of the molecule is Cc1ccnc(-n2c(S)nc3sc(C)c(C#CCNC(=O)c4ccc(C(=O)NCCCn5cc(CN6C[C@H](C)N(Cc7c(C)cc(Cl)cc7-c7ccnc8cc(CN9C(=O)C%10CC%10C9=O)sc78)[C@@H](C)C6)cn5)nn4)c3c2=O)c1. The molecule has 398 valence electrons. The molecule has 1 aliphatic carbocycles. The van der Waals surface area contributed by atoms with Crippen molar-refractivity contribution < 1.29 is 19.2 Å². The number of aromatic nitrogens is 8. The highest BCUT2D eigenvalue weighted by atomic mass is 35.5. The van der Waals surface area contributed by atoms with Crippen molar-refractivity contribution in [3.8, 4) is 28.8 Å². The fourth-order valence-electron chi connectivity index (χ4n) is 10.6. The Morgan fingerprint density at radius 1 is 0.859 bits per heavy atom. The third-order valence-electron chi connectivity index (χ3n) is 14.6. The number of nitrogens with zero attached hydrogens (tertiary/aromatic N) is 11. The molecule has 18 nitrogen and oxygen atoms in total. The standard InChI is InChI=1S/C56H54ClN13O5S3/c1-30-11-15-59-47(18-30)70-55(75)48-38(34(5)77-52(48)63-56(70)76)8-6-13-60-50(71)44-9-10-45(65-64-44)51(72)61-14-7-17-67-27-35(23-62-67)26-66-24-32(3)68(33(4)25-66)29-43-31(2)19-36(57)20-40(43)39-12-16-58-46-21-37(78-49(39)46)28-69-53(73)41-22-42(41)54(69)74/h9-12,15-16,18-21,23,27,32-33,41-42H,7,13-14,17,22,24-26,28-29H2,1-5H3,(H,60,71)(H,61,72)(H,63,76)/t32-,33-,41?,42?/m0/s1. The predicted octanol–water partition coefficient (Wildman–Crippen LogP) is 7.17. The zero-order valence-corrected chi connectivity index (χ0v) is 46.7. The number of benzene rings is 1. The van der Waals surface area contributed by atoms with Crippen LogP contribution in [-0.2, 0) is 35.8 Å². The number of amides is 4. The highest BCUT2D eigenvalue weighted by Gasteiger charge is 2.58. The first-order chi connectivity index (χ1) is 37.6. The molecule has 0 radical (unpaired) electrons. The number of hydrogen-bond donors (Lipinski definition) is 3. The second kappa shape index (κ2) is 21.9. The molecule has 8 aromatic rings. The van der Waals surface area contributed by atoms with Gasteiger partial charge in [0.05, 0.1) is 52.3 Å². The van der Waals surface area contributed by atoms with Crippen molar-refractivity contribution in [1.82, 2.24) is 64.8 Å². The molecule has 2 unspecified atom stereocenters. The number of piperidine rings is 1. The number of thiophene rings is 2. The summed E-state index contributed by atoms with van der Waals surface area (Å²) >= 11 is 14.2. The number of hydrogen-bond acceptors (Lipinski definition) is 16. The van der Waals surface area contributed by atoms with Gasteiger partial charge in [-0.15, -0.1) is 45.5 Å². The number of pyridine rings is 2. The molecule has 0 bridgehead atoms. The molecule has 9 heterocycles. The molecule has 3 fully saturated rings. The van der Waals surface area contributed by atoms with Crippen molar-refractivity contribution in [3.63, 3.8) is 0 Å². The Morgan fingerprint density at radius 3 is 2.32 bits per heavy atom. The van der Waals surface area contributed by atoms with Crippen LogP contribution in [0.15, 0.2) is 83.3 Å². The zero-order valence-electron chi connectivity index (χ0n) is 43.4. The Labute approximate surface area is 467 Å². The number of fused-ring (bicyclic) bond motifs is 3. The van der Waals surface area contributed by atoms with Crippen LogP contribution in [0.1, 0.15) is 85.2 Å². The summed E-state index contributed by atoms with van der Waals surface area (Å²) < 4.78 is 4.26. The Balaban J connectivity index is 0.642. The third kappa shape index (κ3) is 10.7. The molecule has 0 spiro atoms. The molecule has 78 heavy (non-hydrogen) atoms. The summed E-state index contributed by atoms with van der Waals surface area (Å²) in [7, 11) is 0. The Bertz CT molecular complexity index is 3810. The molecule has 1 aromatic carbocycles. The maximum absolute atomic E-state index is 13.7. The first-order valence-corrected chi connectivity index (χ1v) is 28.1. The fourth-order valence-corrected chi connectivity index (χ4v) is 13.4. The predicted molar refractivity (Wildman–Crippen MR) is 302 cm³/mol. The van der Waals surface area contributed by atoms with E-state index >= 15 is 0 Å². The number of likely N-dealkylation sites (tertiary alicyclic amines) is 1. The minimum Gasteiger partial charge on any atom is -0.351 e. The van der Waals surface area contributed by atoms with E-state index in [2.05, 4.69) is 102 Å². The van der Waals surface area contributed by atoms with Gasteiger partial charge in [0.15, 0.2) is 16.5 Å². The van der Waals surface area contributed by atoms with Crippen molar-refractivity contribution >= 4 is 91.0 Å². The molecule has 11 rings (SSSR count). The first-order valence-electron chi connectivity index (χ1n) is 25.7. The summed E-state index contributed by atoms with van der Waals surface area (Å²) in [6.45, 7) is 14.9. The average Bonchev–Trinajstić information content (AvgIpc) is 3.89. The quantitative estimate of drug-likeness (QED) is 0.0307. The van der Waals surface area contributed by atoms with Crippen LogP contribution < -0.4 is 16.2 Å². The smallest absolute Gasteiger partial charge is 0.272 e. The topological polar surface area (TPSA) is 206 Å². The lowest BCUT2D eigenvalue weighted by Gasteiger charge is -2.45. The maximum Gasteiger partial charge on any atom is 0.272 e. The molecule has 22 heteroatoms. The number of carbonyl (C=O) groups is 4. The van der Waals surface area contributed by atoms with Gasteiger partial charge in [0.1, 0.15) is 10.6 Å². The number of nitrogens with one attached hydrogen (secondary N) is 2. The molecule has 3 aliphatic rings. The van der Waals surface area contributed by atoms with E-state index in [4.69, 9.17) is 11.6 Å². The van der Waals surface area contributed by atoms with Crippen LogP contribution in [0.5, 0.6) is 0 Å². The largest absolute Gasteiger partial charge is 0.351 e. The number of piperazine rings is 1. The van der Waals surface area contributed by atoms with Crippen molar-refractivity contribution in [1.29, 1.82) is 0 Å². The highest BCUT2D eigenvalue weighted by molar-refractivity contribution is 7.80. The van der Waals surface area contributed by atoms with E-state index in [1.807, 2.05) is 61.3 Å². The summed E-state index contributed by atoms with van der Waals surface area (Å²) in [6.07, 6.45) is 8.73. The number of thiol groups is 1. The van der Waals surface area contributed by atoms with Gasteiger partial charge in [-0.2, -0.15) is 5.10 Å². The Kier molecular flexibility index (Phi) is 14.8. The highest BCUT2D eigenvalue weighted by Crippen LogP contribution is 2.48. The van der Waals surface area contributed by atoms with Gasteiger partial charge in [-0.1, -0.05) is 23.4 Å². The van der Waals surface area contributed by atoms with Gasteiger partial charge in [-0.05, 0) is 118 Å².